The van der Waals surface area contributed by atoms with Gasteiger partial charge in [0.05, 0.1) is 6.54 Å². The van der Waals surface area contributed by atoms with Crippen LogP contribution < -0.4 is 5.73 Å². The third kappa shape index (κ3) is 2.35. The van der Waals surface area contributed by atoms with Gasteiger partial charge in [-0.25, -0.2) is 4.98 Å². The summed E-state index contributed by atoms with van der Waals surface area (Å²) in [5.41, 5.74) is 7.84. The summed E-state index contributed by atoms with van der Waals surface area (Å²) in [6, 6.07) is 5.38. The quantitative estimate of drug-likeness (QED) is 0.872. The molecular formula is C15H19N3O2. The molecule has 0 radical (unpaired) electrons. The molecule has 106 valence electrons. The molecule has 0 bridgehead atoms. The Morgan fingerprint density at radius 1 is 1.50 bits per heavy atom. The number of benzene rings is 1. The third-order valence-electron chi connectivity index (χ3n) is 3.97. The molecule has 1 aliphatic rings. The average Bonchev–Trinajstić information content (AvgIpc) is 2.93. The Hall–Kier alpha value is -2.04. The van der Waals surface area contributed by atoms with E-state index in [0.717, 1.165) is 12.1 Å². The monoisotopic (exact) mass is 273 g/mol. The highest BCUT2D eigenvalue weighted by Gasteiger charge is 2.32. The fraction of sp³-hybridized carbons (Fsp3) is 0.467. The molecule has 2 aromatic rings. The minimum atomic E-state index is 0.186. The lowest BCUT2D eigenvalue weighted by molar-refractivity contribution is -0.128. The van der Waals surface area contributed by atoms with Gasteiger partial charge >= 0.3 is 0 Å². The van der Waals surface area contributed by atoms with E-state index < -0.39 is 0 Å². The zero-order chi connectivity index (χ0) is 14.3. The number of hydrogen-bond donors (Lipinski definition) is 1. The van der Waals surface area contributed by atoms with Gasteiger partial charge in [0, 0.05) is 18.7 Å². The highest BCUT2D eigenvalue weighted by molar-refractivity contribution is 5.79. The topological polar surface area (TPSA) is 72.4 Å². The number of fused-ring (bicyclic) bond motifs is 1. The van der Waals surface area contributed by atoms with Gasteiger partial charge in [0.2, 0.25) is 11.8 Å². The molecule has 20 heavy (non-hydrogen) atoms. The lowest BCUT2D eigenvalue weighted by Crippen LogP contribution is -2.25. The second-order valence-electron chi connectivity index (χ2n) is 5.82. The molecule has 2 heterocycles. The van der Waals surface area contributed by atoms with Crippen LogP contribution in [0.2, 0.25) is 0 Å². The molecule has 0 spiro atoms. The number of anilines is 1. The summed E-state index contributed by atoms with van der Waals surface area (Å²) in [6.07, 6.45) is 0.630. The standard InChI is InChI=1S/C15H19N3O2/c1-9(2)10-5-15(19)18(7-10)8-14-17-12-6-11(16)3-4-13(12)20-14/h3-4,6,9-10H,5,7-8,16H2,1-2H3. The molecule has 0 saturated carbocycles. The number of carbonyl (C=O) groups excluding carboxylic acids is 1. The van der Waals surface area contributed by atoms with Crippen molar-refractivity contribution in [1.29, 1.82) is 0 Å². The second-order valence-corrected chi connectivity index (χ2v) is 5.82. The third-order valence-corrected chi connectivity index (χ3v) is 3.97. The van der Waals surface area contributed by atoms with E-state index in [2.05, 4.69) is 18.8 Å². The summed E-state index contributed by atoms with van der Waals surface area (Å²) in [7, 11) is 0. The summed E-state index contributed by atoms with van der Waals surface area (Å²) in [5, 5.41) is 0. The molecule has 1 aromatic carbocycles. The van der Waals surface area contributed by atoms with Gasteiger partial charge in [-0.2, -0.15) is 0 Å². The molecule has 1 unspecified atom stereocenters. The first-order chi connectivity index (χ1) is 9.52. The van der Waals surface area contributed by atoms with Crippen LogP contribution in [0.4, 0.5) is 5.69 Å². The summed E-state index contributed by atoms with van der Waals surface area (Å²) in [4.78, 5) is 18.2. The van der Waals surface area contributed by atoms with Crippen molar-refractivity contribution in [2.45, 2.75) is 26.8 Å². The van der Waals surface area contributed by atoms with Gasteiger partial charge in [0.15, 0.2) is 5.58 Å². The number of aromatic nitrogens is 1. The van der Waals surface area contributed by atoms with Gasteiger partial charge < -0.3 is 15.1 Å². The Balaban J connectivity index is 1.78. The number of nitrogens with zero attached hydrogens (tertiary/aromatic N) is 2. The maximum atomic E-state index is 12.0. The smallest absolute Gasteiger partial charge is 0.223 e. The van der Waals surface area contributed by atoms with Gasteiger partial charge in [-0.3, -0.25) is 4.79 Å². The highest BCUT2D eigenvalue weighted by Crippen LogP contribution is 2.27. The molecule has 1 aromatic heterocycles. The number of oxazole rings is 1. The van der Waals surface area contributed by atoms with Crippen LogP contribution in [-0.4, -0.2) is 22.3 Å². The van der Waals surface area contributed by atoms with Crippen molar-refractivity contribution in [2.75, 3.05) is 12.3 Å². The first-order valence-corrected chi connectivity index (χ1v) is 6.95. The minimum Gasteiger partial charge on any atom is -0.439 e. The zero-order valence-electron chi connectivity index (χ0n) is 11.8. The second kappa shape index (κ2) is 4.81. The predicted molar refractivity (Wildman–Crippen MR) is 76.8 cm³/mol. The highest BCUT2D eigenvalue weighted by atomic mass is 16.3. The Kier molecular flexibility index (Phi) is 3.12. The number of hydrogen-bond acceptors (Lipinski definition) is 4. The van der Waals surface area contributed by atoms with E-state index in [1.807, 2.05) is 11.0 Å². The fourth-order valence-corrected chi connectivity index (χ4v) is 2.63. The molecule has 1 atom stereocenters. The van der Waals surface area contributed by atoms with E-state index in [4.69, 9.17) is 10.2 Å². The van der Waals surface area contributed by atoms with Gasteiger partial charge in [-0.05, 0) is 30.0 Å². The number of nitrogens with two attached hydrogens (primary N) is 1. The molecule has 0 aliphatic carbocycles. The van der Waals surface area contributed by atoms with Crippen molar-refractivity contribution in [1.82, 2.24) is 9.88 Å². The molecular weight excluding hydrogens is 254 g/mol. The van der Waals surface area contributed by atoms with Crippen molar-refractivity contribution in [2.24, 2.45) is 11.8 Å². The van der Waals surface area contributed by atoms with Crippen LogP contribution in [0.5, 0.6) is 0 Å². The zero-order valence-corrected chi connectivity index (χ0v) is 11.8. The number of carbonyl (C=O) groups is 1. The predicted octanol–water partition coefficient (Wildman–Crippen LogP) is 2.41. The average molecular weight is 273 g/mol. The molecule has 2 N–H and O–H groups in total. The van der Waals surface area contributed by atoms with E-state index in [1.165, 1.54) is 0 Å². The van der Waals surface area contributed by atoms with Gasteiger partial charge in [0.25, 0.3) is 0 Å². The van der Waals surface area contributed by atoms with Crippen LogP contribution in [0.25, 0.3) is 11.1 Å². The van der Waals surface area contributed by atoms with Crippen molar-refractivity contribution in [3.05, 3.63) is 24.1 Å². The SMILES string of the molecule is CC(C)C1CC(=O)N(Cc2nc3cc(N)ccc3o2)C1. The normalized spacial score (nSPS) is 19.4. The fourth-order valence-electron chi connectivity index (χ4n) is 2.63. The molecule has 5 nitrogen and oxygen atoms in total. The summed E-state index contributed by atoms with van der Waals surface area (Å²) in [6.45, 7) is 5.54. The summed E-state index contributed by atoms with van der Waals surface area (Å²) in [5.74, 6) is 1.71. The molecule has 5 heteroatoms. The van der Waals surface area contributed by atoms with Crippen LogP contribution >= 0.6 is 0 Å². The number of likely N-dealkylation sites (tertiary alicyclic amines) is 1. The lowest BCUT2D eigenvalue weighted by Gasteiger charge is -2.16. The molecule has 1 aliphatic heterocycles. The maximum absolute atomic E-state index is 12.0. The number of rotatable bonds is 3. The van der Waals surface area contributed by atoms with Crippen molar-refractivity contribution >= 4 is 22.7 Å². The van der Waals surface area contributed by atoms with Gasteiger partial charge in [0.1, 0.15) is 5.52 Å². The van der Waals surface area contributed by atoms with Crippen LogP contribution in [0.15, 0.2) is 22.6 Å². The molecule has 1 saturated heterocycles. The van der Waals surface area contributed by atoms with Crippen molar-refractivity contribution < 1.29 is 9.21 Å². The summed E-state index contributed by atoms with van der Waals surface area (Å²) < 4.78 is 5.67. The minimum absolute atomic E-state index is 0.186. The Morgan fingerprint density at radius 2 is 2.30 bits per heavy atom. The Labute approximate surface area is 117 Å². The largest absolute Gasteiger partial charge is 0.439 e. The van der Waals surface area contributed by atoms with E-state index in [-0.39, 0.29) is 5.91 Å². The summed E-state index contributed by atoms with van der Waals surface area (Å²) >= 11 is 0. The first-order valence-electron chi connectivity index (χ1n) is 6.95. The maximum Gasteiger partial charge on any atom is 0.223 e. The van der Waals surface area contributed by atoms with Crippen LogP contribution in [0, 0.1) is 11.8 Å². The van der Waals surface area contributed by atoms with Gasteiger partial charge in [-0.15, -0.1) is 0 Å². The van der Waals surface area contributed by atoms with E-state index in [0.29, 0.717) is 42.0 Å². The molecule has 1 fully saturated rings. The number of amides is 1. The Bertz CT molecular complexity index is 648. The number of nitrogen functional groups attached to an aromatic ring is 1. The first kappa shape index (κ1) is 13.0. The van der Waals surface area contributed by atoms with Crippen LogP contribution in [0.3, 0.4) is 0 Å². The molecule has 1 amide bonds. The lowest BCUT2D eigenvalue weighted by atomic mass is 9.95. The van der Waals surface area contributed by atoms with Gasteiger partial charge in [-0.1, -0.05) is 13.8 Å². The van der Waals surface area contributed by atoms with Crippen molar-refractivity contribution in [3.63, 3.8) is 0 Å². The van der Waals surface area contributed by atoms with Crippen molar-refractivity contribution in [3.8, 4) is 0 Å². The van der Waals surface area contributed by atoms with Crippen LogP contribution in [0.1, 0.15) is 26.2 Å². The van der Waals surface area contributed by atoms with E-state index in [9.17, 15) is 4.79 Å². The van der Waals surface area contributed by atoms with E-state index >= 15 is 0 Å². The van der Waals surface area contributed by atoms with Crippen LogP contribution in [-0.2, 0) is 11.3 Å². The molecule has 3 rings (SSSR count). The van der Waals surface area contributed by atoms with E-state index in [1.54, 1.807) is 12.1 Å². The Morgan fingerprint density at radius 3 is 3.00 bits per heavy atom.